The van der Waals surface area contributed by atoms with Crippen LogP contribution in [0.4, 0.5) is 8.78 Å². The largest absolute Gasteiger partial charge is 0.284 e. The van der Waals surface area contributed by atoms with E-state index in [1.165, 1.54) is 23.3 Å². The summed E-state index contributed by atoms with van der Waals surface area (Å²) in [4.78, 5) is 9.88. The number of rotatable bonds is 10. The summed E-state index contributed by atoms with van der Waals surface area (Å²) in [5, 5.41) is 0. The number of aryl methyl sites for hydroxylation is 1. The Balaban J connectivity index is 2.06. The lowest BCUT2D eigenvalue weighted by Gasteiger charge is -2.24. The monoisotopic (exact) mass is 502 g/mol. The summed E-state index contributed by atoms with van der Waals surface area (Å²) in [5.74, 6) is -1.30. The molecule has 2 nitrogen and oxygen atoms in total. The van der Waals surface area contributed by atoms with Crippen molar-refractivity contribution in [1.82, 2.24) is 0 Å². The first-order valence-corrected chi connectivity index (χ1v) is 13.5. The molecular formula is C33H40F2N2. The van der Waals surface area contributed by atoms with E-state index >= 15 is 0 Å². The molecule has 0 amide bonds. The lowest BCUT2D eigenvalue weighted by atomic mass is 9.81. The Hall–Kier alpha value is -3.14. The molecule has 0 radical (unpaired) electrons. The molecule has 0 spiro atoms. The number of hydrogen-bond acceptors (Lipinski definition) is 2. The molecule has 0 saturated heterocycles. The average molecular weight is 503 g/mol. The summed E-state index contributed by atoms with van der Waals surface area (Å²) in [5.41, 5.74) is 8.31. The zero-order valence-corrected chi connectivity index (χ0v) is 23.1. The molecule has 2 aromatic carbocycles. The predicted molar refractivity (Wildman–Crippen MR) is 155 cm³/mol. The van der Waals surface area contributed by atoms with Crippen molar-refractivity contribution < 1.29 is 8.78 Å². The third kappa shape index (κ3) is 7.44. The fraction of sp³-hybridized carbons (Fsp3) is 0.394. The van der Waals surface area contributed by atoms with Crippen molar-refractivity contribution >= 4 is 17.5 Å². The molecule has 1 heterocycles. The van der Waals surface area contributed by atoms with E-state index in [4.69, 9.17) is 9.98 Å². The van der Waals surface area contributed by atoms with E-state index in [2.05, 4.69) is 71.0 Å². The van der Waals surface area contributed by atoms with Crippen molar-refractivity contribution in [2.24, 2.45) is 15.9 Å². The molecule has 196 valence electrons. The maximum atomic E-state index is 14.0. The molecule has 2 unspecified atom stereocenters. The minimum absolute atomic E-state index is 0.0643. The van der Waals surface area contributed by atoms with Crippen molar-refractivity contribution in [3.63, 3.8) is 0 Å². The van der Waals surface area contributed by atoms with E-state index < -0.39 is 11.6 Å². The number of benzene rings is 2. The van der Waals surface area contributed by atoms with Crippen LogP contribution in [0.3, 0.4) is 0 Å². The maximum Gasteiger partial charge on any atom is 0.126 e. The van der Waals surface area contributed by atoms with Crippen LogP contribution in [0, 0.1) is 17.6 Å². The van der Waals surface area contributed by atoms with Crippen LogP contribution in [0.15, 0.2) is 81.4 Å². The van der Waals surface area contributed by atoms with Crippen molar-refractivity contribution in [1.29, 1.82) is 0 Å². The highest BCUT2D eigenvalue weighted by atomic mass is 19.1. The minimum Gasteiger partial charge on any atom is -0.284 e. The van der Waals surface area contributed by atoms with E-state index in [1.807, 2.05) is 13.1 Å². The Bertz CT molecular complexity index is 1200. The molecular weight excluding hydrogens is 462 g/mol. The van der Waals surface area contributed by atoms with Gasteiger partial charge in [-0.1, -0.05) is 70.9 Å². The molecule has 0 aromatic heterocycles. The number of halogens is 2. The normalized spacial score (nSPS) is 15.8. The van der Waals surface area contributed by atoms with Gasteiger partial charge >= 0.3 is 0 Å². The minimum atomic E-state index is -0.556. The summed E-state index contributed by atoms with van der Waals surface area (Å²) in [6.45, 7) is 13.2. The lowest BCUT2D eigenvalue weighted by molar-refractivity contribution is 0.563. The topological polar surface area (TPSA) is 24.7 Å². The third-order valence-corrected chi connectivity index (χ3v) is 7.31. The van der Waals surface area contributed by atoms with E-state index in [0.29, 0.717) is 12.1 Å². The number of hydrogen-bond donors (Lipinski definition) is 0. The molecule has 3 rings (SSSR count). The first kappa shape index (κ1) is 28.4. The third-order valence-electron chi connectivity index (χ3n) is 7.31. The van der Waals surface area contributed by atoms with Crippen LogP contribution in [-0.2, 0) is 6.42 Å². The van der Waals surface area contributed by atoms with Gasteiger partial charge in [-0.3, -0.25) is 9.98 Å². The van der Waals surface area contributed by atoms with Crippen LogP contribution in [0.5, 0.6) is 0 Å². The Morgan fingerprint density at radius 3 is 2.22 bits per heavy atom. The average Bonchev–Trinajstić information content (AvgIpc) is 3.04. The second kappa shape index (κ2) is 13.4. The number of allylic oxidation sites excluding steroid dienone is 4. The van der Waals surface area contributed by atoms with Gasteiger partial charge in [-0.25, -0.2) is 8.78 Å². The summed E-state index contributed by atoms with van der Waals surface area (Å²) in [7, 11) is 0. The second-order valence-electron chi connectivity index (χ2n) is 9.96. The van der Waals surface area contributed by atoms with E-state index in [9.17, 15) is 8.78 Å². The Morgan fingerprint density at radius 2 is 1.62 bits per heavy atom. The van der Waals surface area contributed by atoms with E-state index in [1.54, 1.807) is 0 Å². The van der Waals surface area contributed by atoms with Gasteiger partial charge < -0.3 is 0 Å². The van der Waals surface area contributed by atoms with Crippen molar-refractivity contribution in [3.8, 4) is 0 Å². The van der Waals surface area contributed by atoms with Gasteiger partial charge in [-0.2, -0.15) is 0 Å². The Kier molecular flexibility index (Phi) is 10.3. The second-order valence-corrected chi connectivity index (χ2v) is 9.96. The molecule has 0 bridgehead atoms. The van der Waals surface area contributed by atoms with Gasteiger partial charge in [0, 0.05) is 29.5 Å². The van der Waals surface area contributed by atoms with E-state index in [0.717, 1.165) is 59.9 Å². The van der Waals surface area contributed by atoms with Gasteiger partial charge in [0.05, 0.1) is 12.2 Å². The molecule has 4 heteroatoms. The molecule has 0 fully saturated rings. The molecule has 0 saturated carbocycles. The van der Waals surface area contributed by atoms with Crippen molar-refractivity contribution in [2.45, 2.75) is 73.1 Å². The van der Waals surface area contributed by atoms with Gasteiger partial charge in [-0.15, -0.1) is 0 Å². The SMILES string of the molecule is CCCc1ccc(C2=CC(N=CC=C(CC)CC)=C(C)CN=C2C(C)C(C)c2cc(F)cc(F)c2)cc1. The molecule has 1 aliphatic rings. The zero-order valence-electron chi connectivity index (χ0n) is 23.1. The quantitative estimate of drug-likeness (QED) is 0.289. The standard InChI is InChI=1S/C33H40F2N2/c1-7-10-26-11-13-27(14-12-26)31-20-32(36-16-15-25(8-2)9-3)22(4)21-37-33(31)24(6)23(5)28-17-29(34)19-30(35)18-28/h11-20,23-24H,7-10,21H2,1-6H3. The molecule has 0 N–H and O–H groups in total. The van der Waals surface area contributed by atoms with Gasteiger partial charge in [0.15, 0.2) is 0 Å². The van der Waals surface area contributed by atoms with Gasteiger partial charge in [0.1, 0.15) is 11.6 Å². The highest BCUT2D eigenvalue weighted by Gasteiger charge is 2.26. The highest BCUT2D eigenvalue weighted by Crippen LogP contribution is 2.34. The van der Waals surface area contributed by atoms with Crippen molar-refractivity contribution in [3.05, 3.63) is 99.8 Å². The molecule has 1 aliphatic heterocycles. The van der Waals surface area contributed by atoms with Crippen LogP contribution in [0.1, 0.15) is 83.4 Å². The van der Waals surface area contributed by atoms with Crippen LogP contribution >= 0.6 is 0 Å². The smallest absolute Gasteiger partial charge is 0.126 e. The summed E-state index contributed by atoms with van der Waals surface area (Å²) in [6, 6.07) is 12.4. The van der Waals surface area contributed by atoms with Crippen LogP contribution in [0.2, 0.25) is 0 Å². The number of aliphatic imine (C=N–C) groups is 2. The first-order valence-electron chi connectivity index (χ1n) is 13.5. The molecule has 0 aliphatic carbocycles. The fourth-order valence-electron chi connectivity index (χ4n) is 4.68. The predicted octanol–water partition coefficient (Wildman–Crippen LogP) is 9.29. The molecule has 2 atom stereocenters. The fourth-order valence-corrected chi connectivity index (χ4v) is 4.68. The number of nitrogens with zero attached hydrogens (tertiary/aromatic N) is 2. The highest BCUT2D eigenvalue weighted by molar-refractivity contribution is 6.25. The van der Waals surface area contributed by atoms with Gasteiger partial charge in [-0.05, 0) is 78.7 Å². The zero-order chi connectivity index (χ0) is 26.9. The summed E-state index contributed by atoms with van der Waals surface area (Å²) < 4.78 is 28.0. The Labute approximate surface area is 221 Å². The van der Waals surface area contributed by atoms with Crippen molar-refractivity contribution in [2.75, 3.05) is 6.54 Å². The lowest BCUT2D eigenvalue weighted by Crippen LogP contribution is -2.20. The van der Waals surface area contributed by atoms with E-state index in [-0.39, 0.29) is 11.8 Å². The van der Waals surface area contributed by atoms with Crippen LogP contribution < -0.4 is 0 Å². The van der Waals surface area contributed by atoms with Crippen LogP contribution in [-0.4, -0.2) is 18.5 Å². The Morgan fingerprint density at radius 1 is 0.973 bits per heavy atom. The summed E-state index contributed by atoms with van der Waals surface area (Å²) >= 11 is 0. The molecule has 37 heavy (non-hydrogen) atoms. The maximum absolute atomic E-state index is 14.0. The molecule has 2 aromatic rings. The van der Waals surface area contributed by atoms with Crippen LogP contribution in [0.25, 0.3) is 5.57 Å². The first-order chi connectivity index (χ1) is 17.8. The van der Waals surface area contributed by atoms with Gasteiger partial charge in [0.2, 0.25) is 0 Å². The summed E-state index contributed by atoms with van der Waals surface area (Å²) in [6.07, 6.45) is 10.3. The van der Waals surface area contributed by atoms with Gasteiger partial charge in [0.25, 0.3) is 0 Å².